The van der Waals surface area contributed by atoms with Crippen molar-refractivity contribution in [3.8, 4) is 11.5 Å². The van der Waals surface area contributed by atoms with Crippen LogP contribution < -0.4 is 9.47 Å². The van der Waals surface area contributed by atoms with Gasteiger partial charge in [0.2, 0.25) is 11.5 Å². The number of nitro groups is 1. The van der Waals surface area contributed by atoms with Crippen molar-refractivity contribution in [2.24, 2.45) is 5.92 Å². The predicted octanol–water partition coefficient (Wildman–Crippen LogP) is 3.10. The van der Waals surface area contributed by atoms with Crippen LogP contribution in [0.2, 0.25) is 0 Å². The monoisotopic (exact) mass is 458 g/mol. The van der Waals surface area contributed by atoms with Crippen molar-refractivity contribution in [3.63, 3.8) is 0 Å². The van der Waals surface area contributed by atoms with Crippen molar-refractivity contribution in [3.05, 3.63) is 45.8 Å². The summed E-state index contributed by atoms with van der Waals surface area (Å²) in [6.45, 7) is 1.01. The fourth-order valence-electron chi connectivity index (χ4n) is 4.15. The summed E-state index contributed by atoms with van der Waals surface area (Å²) < 4.78 is 12.1. The van der Waals surface area contributed by atoms with Gasteiger partial charge in [0.05, 0.1) is 31.6 Å². The summed E-state index contributed by atoms with van der Waals surface area (Å²) in [5.41, 5.74) is 0.315. The molecule has 1 saturated carbocycles. The molecule has 0 N–H and O–H groups in total. The van der Waals surface area contributed by atoms with Crippen LogP contribution in [0.3, 0.4) is 0 Å². The van der Waals surface area contributed by atoms with Gasteiger partial charge in [-0.2, -0.15) is 5.10 Å². The molecule has 1 aromatic heterocycles. The maximum absolute atomic E-state index is 13.2. The van der Waals surface area contributed by atoms with Gasteiger partial charge in [-0.05, 0) is 50.6 Å². The molecule has 1 unspecified atom stereocenters. The average molecular weight is 459 g/mol. The van der Waals surface area contributed by atoms with Crippen LogP contribution in [0.25, 0.3) is 0 Å². The average Bonchev–Trinajstić information content (AvgIpc) is 3.13. The third kappa shape index (κ3) is 5.75. The molecule has 0 aliphatic heterocycles. The lowest BCUT2D eigenvalue weighted by atomic mass is 9.88. The topological polar surface area (TPSA) is 117 Å². The number of carbonyl (C=O) groups excluding carboxylic acids is 2. The van der Waals surface area contributed by atoms with Crippen molar-refractivity contribution in [1.29, 1.82) is 0 Å². The Morgan fingerprint density at radius 1 is 1.21 bits per heavy atom. The van der Waals surface area contributed by atoms with Crippen LogP contribution in [-0.2, 0) is 11.3 Å². The van der Waals surface area contributed by atoms with Crippen molar-refractivity contribution < 1.29 is 24.0 Å². The fourth-order valence-corrected chi connectivity index (χ4v) is 4.15. The number of likely N-dealkylation sites (N-methyl/N-ethyl adjacent to an activating group) is 1. The van der Waals surface area contributed by atoms with E-state index in [0.29, 0.717) is 43.9 Å². The number of benzene rings is 1. The molecule has 0 radical (unpaired) electrons. The minimum absolute atomic E-state index is 0.0908. The van der Waals surface area contributed by atoms with Crippen molar-refractivity contribution in [2.75, 3.05) is 34.9 Å². The molecule has 2 aromatic rings. The van der Waals surface area contributed by atoms with Gasteiger partial charge in [-0.3, -0.25) is 24.4 Å². The molecule has 178 valence electrons. The number of carbonyl (C=O) groups is 2. The van der Waals surface area contributed by atoms with Gasteiger partial charge >= 0.3 is 5.69 Å². The number of nitrogens with zero attached hydrogens (tertiary/aromatic N) is 4. The van der Waals surface area contributed by atoms with Crippen LogP contribution in [0.1, 0.15) is 47.7 Å². The molecule has 10 heteroatoms. The van der Waals surface area contributed by atoms with E-state index >= 15 is 0 Å². The molecule has 1 aliphatic carbocycles. The van der Waals surface area contributed by atoms with Crippen molar-refractivity contribution in [1.82, 2.24) is 14.7 Å². The van der Waals surface area contributed by atoms with Crippen LogP contribution in [0, 0.1) is 16.0 Å². The summed E-state index contributed by atoms with van der Waals surface area (Å²) in [6, 6.07) is 5.51. The minimum Gasteiger partial charge on any atom is -0.497 e. The zero-order valence-electron chi connectivity index (χ0n) is 19.4. The Bertz CT molecular complexity index is 1010. The zero-order chi connectivity index (χ0) is 24.1. The minimum atomic E-state index is -0.932. The Morgan fingerprint density at radius 3 is 2.45 bits per heavy atom. The largest absolute Gasteiger partial charge is 0.497 e. The third-order valence-electron chi connectivity index (χ3n) is 5.99. The highest BCUT2D eigenvalue weighted by Crippen LogP contribution is 2.37. The van der Waals surface area contributed by atoms with Crippen LogP contribution in [-0.4, -0.2) is 66.0 Å². The maximum atomic E-state index is 13.2. The number of rotatable bonds is 9. The van der Waals surface area contributed by atoms with Gasteiger partial charge in [0.15, 0.2) is 0 Å². The lowest BCUT2D eigenvalue weighted by molar-refractivity contribution is -0.385. The molecule has 2 atom stereocenters. The highest BCUT2D eigenvalue weighted by Gasteiger charge is 2.37. The van der Waals surface area contributed by atoms with Gasteiger partial charge in [-0.25, -0.2) is 0 Å². The Kier molecular flexibility index (Phi) is 7.80. The van der Waals surface area contributed by atoms with Crippen LogP contribution in [0.15, 0.2) is 24.4 Å². The summed E-state index contributed by atoms with van der Waals surface area (Å²) in [6.07, 6.45) is 3.13. The molecular formula is C23H30N4O6. The first-order chi connectivity index (χ1) is 15.7. The lowest BCUT2D eigenvalue weighted by Gasteiger charge is -2.16. The number of aromatic nitrogens is 2. The molecule has 0 amide bonds. The van der Waals surface area contributed by atoms with E-state index in [-0.39, 0.29) is 29.5 Å². The Balaban J connectivity index is 1.82. The molecule has 1 aromatic carbocycles. The molecule has 33 heavy (non-hydrogen) atoms. The second-order valence-electron chi connectivity index (χ2n) is 8.55. The highest BCUT2D eigenvalue weighted by molar-refractivity contribution is 6.11. The third-order valence-corrected chi connectivity index (χ3v) is 5.99. The summed E-state index contributed by atoms with van der Waals surface area (Å²) >= 11 is 0. The van der Waals surface area contributed by atoms with E-state index in [1.807, 2.05) is 31.1 Å². The molecule has 3 rings (SSSR count). The van der Waals surface area contributed by atoms with Crippen LogP contribution in [0.5, 0.6) is 11.5 Å². The normalized spacial score (nSPS) is 18.8. The number of Topliss-reactive ketones (excluding diaryl/α,β-unsaturated/α-hetero) is 2. The zero-order valence-corrected chi connectivity index (χ0v) is 19.4. The molecule has 0 bridgehead atoms. The quantitative estimate of drug-likeness (QED) is 0.185. The van der Waals surface area contributed by atoms with E-state index in [2.05, 4.69) is 5.10 Å². The lowest BCUT2D eigenvalue weighted by Crippen LogP contribution is -2.25. The van der Waals surface area contributed by atoms with E-state index in [0.717, 1.165) is 5.56 Å². The van der Waals surface area contributed by atoms with Crippen LogP contribution in [0.4, 0.5) is 5.69 Å². The van der Waals surface area contributed by atoms with Crippen molar-refractivity contribution >= 4 is 17.3 Å². The maximum Gasteiger partial charge on any atom is 0.318 e. The van der Waals surface area contributed by atoms with Crippen LogP contribution >= 0.6 is 0 Å². The SMILES string of the molecule is COc1cc(OC)cc([C@H]2CCCC(C(=O)c3nn(CCN(C)C)cc3[N+](=O)[O-])C(=O)C2)c1. The van der Waals surface area contributed by atoms with Crippen molar-refractivity contribution in [2.45, 2.75) is 38.1 Å². The first-order valence-electron chi connectivity index (χ1n) is 10.9. The standard InChI is InChI=1S/C23H30N4O6/c1-25(2)8-9-26-14-20(27(30)31)22(24-26)23(29)19-7-5-6-15(12-21(19)28)16-10-17(32-3)13-18(11-16)33-4/h10-11,13-15,19H,5-9,12H2,1-4H3/t15-,19?/m0/s1. The summed E-state index contributed by atoms with van der Waals surface area (Å²) in [7, 11) is 6.89. The van der Waals surface area contributed by atoms with Gasteiger partial charge in [0.1, 0.15) is 23.5 Å². The first kappa shape index (κ1) is 24.4. The van der Waals surface area contributed by atoms with E-state index in [9.17, 15) is 19.7 Å². The summed E-state index contributed by atoms with van der Waals surface area (Å²) in [5, 5.41) is 15.7. The number of hydrogen-bond donors (Lipinski definition) is 0. The van der Waals surface area contributed by atoms with Gasteiger partial charge in [0, 0.05) is 19.0 Å². The number of hydrogen-bond acceptors (Lipinski definition) is 8. The molecule has 10 nitrogen and oxygen atoms in total. The summed E-state index contributed by atoms with van der Waals surface area (Å²) in [4.78, 5) is 39.2. The number of ether oxygens (including phenoxy) is 2. The van der Waals surface area contributed by atoms with E-state index < -0.39 is 16.6 Å². The molecule has 1 heterocycles. The fraction of sp³-hybridized carbons (Fsp3) is 0.522. The second-order valence-corrected chi connectivity index (χ2v) is 8.55. The summed E-state index contributed by atoms with van der Waals surface area (Å²) in [5.74, 6) is -0.550. The van der Waals surface area contributed by atoms with E-state index in [1.54, 1.807) is 20.3 Å². The molecule has 0 spiro atoms. The highest BCUT2D eigenvalue weighted by atomic mass is 16.6. The Labute approximate surface area is 192 Å². The molecule has 1 fully saturated rings. The first-order valence-corrected chi connectivity index (χ1v) is 10.9. The van der Waals surface area contributed by atoms with Gasteiger partial charge in [-0.15, -0.1) is 0 Å². The Morgan fingerprint density at radius 2 is 1.88 bits per heavy atom. The van der Waals surface area contributed by atoms with Gasteiger partial charge in [-0.1, -0.05) is 6.42 Å². The number of ketones is 2. The van der Waals surface area contributed by atoms with Gasteiger partial charge < -0.3 is 14.4 Å². The smallest absolute Gasteiger partial charge is 0.318 e. The second kappa shape index (κ2) is 10.6. The Hall–Kier alpha value is -3.27. The van der Waals surface area contributed by atoms with E-state index in [1.165, 1.54) is 10.9 Å². The molecule has 0 saturated heterocycles. The molecule has 1 aliphatic rings. The van der Waals surface area contributed by atoms with Gasteiger partial charge in [0.25, 0.3) is 0 Å². The predicted molar refractivity (Wildman–Crippen MR) is 121 cm³/mol. The number of methoxy groups -OCH3 is 2. The molecular weight excluding hydrogens is 428 g/mol. The van der Waals surface area contributed by atoms with E-state index in [4.69, 9.17) is 9.47 Å².